The first kappa shape index (κ1) is 21.6. The maximum Gasteiger partial charge on any atom is 0.243 e. The lowest BCUT2D eigenvalue weighted by Gasteiger charge is -2.35. The molecule has 1 saturated heterocycles. The van der Waals surface area contributed by atoms with Gasteiger partial charge in [-0.25, -0.2) is 8.42 Å². The summed E-state index contributed by atoms with van der Waals surface area (Å²) in [6.07, 6.45) is 0. The minimum Gasteiger partial charge on any atom is -0.340 e. The van der Waals surface area contributed by atoms with Crippen molar-refractivity contribution in [2.75, 3.05) is 26.2 Å². The third kappa shape index (κ3) is 4.43. The monoisotopic (exact) mass is 411 g/mol. The predicted molar refractivity (Wildman–Crippen MR) is 109 cm³/mol. The second kappa shape index (κ2) is 8.56. The van der Waals surface area contributed by atoms with E-state index in [9.17, 15) is 13.2 Å². The van der Waals surface area contributed by atoms with Crippen LogP contribution in [0.25, 0.3) is 10.8 Å². The number of sulfonamides is 1. The highest BCUT2D eigenvalue weighted by Gasteiger charge is 2.32. The maximum absolute atomic E-state index is 13.0. The normalized spacial score (nSPS) is 18.0. The van der Waals surface area contributed by atoms with Crippen LogP contribution in [0.15, 0.2) is 47.4 Å². The Bertz CT molecular complexity index is 909. The molecule has 2 unspecified atom stereocenters. The van der Waals surface area contributed by atoms with Crippen LogP contribution in [0.2, 0.25) is 0 Å². The minimum absolute atomic E-state index is 0. The van der Waals surface area contributed by atoms with E-state index in [1.54, 1.807) is 17.0 Å². The number of amides is 1. The van der Waals surface area contributed by atoms with E-state index in [-0.39, 0.29) is 30.3 Å². The van der Waals surface area contributed by atoms with Gasteiger partial charge in [0.1, 0.15) is 0 Å². The summed E-state index contributed by atoms with van der Waals surface area (Å²) in [6.45, 7) is 5.00. The lowest BCUT2D eigenvalue weighted by molar-refractivity contribution is -0.136. The molecule has 0 aromatic heterocycles. The number of piperazine rings is 1. The van der Waals surface area contributed by atoms with Gasteiger partial charge in [0.15, 0.2) is 0 Å². The van der Waals surface area contributed by atoms with E-state index in [0.29, 0.717) is 31.1 Å². The van der Waals surface area contributed by atoms with Crippen molar-refractivity contribution in [2.24, 2.45) is 11.7 Å². The molecule has 0 spiro atoms. The second-order valence-corrected chi connectivity index (χ2v) is 8.82. The molecule has 1 aliphatic heterocycles. The predicted octanol–water partition coefficient (Wildman–Crippen LogP) is 2.08. The minimum atomic E-state index is -3.57. The van der Waals surface area contributed by atoms with E-state index in [0.717, 1.165) is 10.8 Å². The fourth-order valence-electron chi connectivity index (χ4n) is 3.14. The van der Waals surface area contributed by atoms with Gasteiger partial charge in [0, 0.05) is 32.2 Å². The van der Waals surface area contributed by atoms with Gasteiger partial charge in [0.2, 0.25) is 15.9 Å². The van der Waals surface area contributed by atoms with Gasteiger partial charge in [-0.2, -0.15) is 4.31 Å². The van der Waals surface area contributed by atoms with Crippen LogP contribution in [-0.2, 0) is 14.8 Å². The molecule has 1 heterocycles. The number of carbonyl (C=O) groups excluding carboxylic acids is 1. The van der Waals surface area contributed by atoms with Crippen LogP contribution in [-0.4, -0.2) is 55.8 Å². The second-order valence-electron chi connectivity index (χ2n) is 6.89. The van der Waals surface area contributed by atoms with Crippen molar-refractivity contribution in [1.82, 2.24) is 9.21 Å². The quantitative estimate of drug-likeness (QED) is 0.834. The number of benzene rings is 2. The van der Waals surface area contributed by atoms with Gasteiger partial charge in [0.25, 0.3) is 0 Å². The molecular formula is C19H26ClN3O3S. The molecular weight excluding hydrogens is 386 g/mol. The summed E-state index contributed by atoms with van der Waals surface area (Å²) in [5, 5.41) is 1.90. The van der Waals surface area contributed by atoms with E-state index < -0.39 is 10.0 Å². The third-order valence-corrected chi connectivity index (χ3v) is 6.98. The average molecular weight is 412 g/mol. The maximum atomic E-state index is 13.0. The largest absolute Gasteiger partial charge is 0.340 e. The van der Waals surface area contributed by atoms with Crippen molar-refractivity contribution in [3.8, 4) is 0 Å². The Kier molecular flexibility index (Phi) is 6.86. The molecule has 27 heavy (non-hydrogen) atoms. The van der Waals surface area contributed by atoms with E-state index in [1.165, 1.54) is 4.31 Å². The summed E-state index contributed by atoms with van der Waals surface area (Å²) in [5.74, 6) is -0.276. The highest BCUT2D eigenvalue weighted by Crippen LogP contribution is 2.23. The van der Waals surface area contributed by atoms with Crippen LogP contribution >= 0.6 is 12.4 Å². The average Bonchev–Trinajstić information content (AvgIpc) is 2.66. The zero-order valence-corrected chi connectivity index (χ0v) is 17.2. The molecule has 0 bridgehead atoms. The van der Waals surface area contributed by atoms with Crippen LogP contribution in [0.1, 0.15) is 13.8 Å². The Balaban J connectivity index is 0.00000261. The van der Waals surface area contributed by atoms with Crippen molar-refractivity contribution in [3.63, 3.8) is 0 Å². The van der Waals surface area contributed by atoms with Gasteiger partial charge in [0.05, 0.1) is 10.8 Å². The standard InChI is InChI=1S/C19H25N3O3S.ClH/c1-14(15(2)20)19(23)21-9-11-22(12-10-21)26(24,25)18-8-7-16-5-3-4-6-17(16)13-18;/h3-8,13-15H,9-12,20H2,1-2H3;1H. The van der Waals surface area contributed by atoms with Crippen molar-refractivity contribution in [2.45, 2.75) is 24.8 Å². The van der Waals surface area contributed by atoms with Crippen LogP contribution in [0, 0.1) is 5.92 Å². The molecule has 1 amide bonds. The van der Waals surface area contributed by atoms with E-state index in [4.69, 9.17) is 5.73 Å². The Morgan fingerprint density at radius 1 is 1.00 bits per heavy atom. The Hall–Kier alpha value is -1.67. The summed E-state index contributed by atoms with van der Waals surface area (Å²) in [6, 6.07) is 12.6. The van der Waals surface area contributed by atoms with Gasteiger partial charge in [-0.05, 0) is 29.8 Å². The van der Waals surface area contributed by atoms with Gasteiger partial charge in [-0.15, -0.1) is 12.4 Å². The van der Waals surface area contributed by atoms with E-state index in [1.807, 2.05) is 44.2 Å². The molecule has 0 aliphatic carbocycles. The zero-order chi connectivity index (χ0) is 18.9. The number of hydrogen-bond donors (Lipinski definition) is 1. The summed E-state index contributed by atoms with van der Waals surface area (Å²) >= 11 is 0. The summed E-state index contributed by atoms with van der Waals surface area (Å²) in [4.78, 5) is 14.4. The lowest BCUT2D eigenvalue weighted by Crippen LogP contribution is -2.53. The van der Waals surface area contributed by atoms with Gasteiger partial charge in [-0.1, -0.05) is 37.3 Å². The van der Waals surface area contributed by atoms with Crippen molar-refractivity contribution in [3.05, 3.63) is 42.5 Å². The third-order valence-electron chi connectivity index (χ3n) is 5.09. The Labute approximate surface area is 166 Å². The number of fused-ring (bicyclic) bond motifs is 1. The summed E-state index contributed by atoms with van der Waals surface area (Å²) in [7, 11) is -3.57. The fraction of sp³-hybridized carbons (Fsp3) is 0.421. The summed E-state index contributed by atoms with van der Waals surface area (Å²) in [5.41, 5.74) is 5.81. The van der Waals surface area contributed by atoms with Crippen LogP contribution < -0.4 is 5.73 Å². The van der Waals surface area contributed by atoms with Crippen molar-refractivity contribution in [1.29, 1.82) is 0 Å². The zero-order valence-electron chi connectivity index (χ0n) is 15.5. The van der Waals surface area contributed by atoms with Crippen molar-refractivity contribution >= 4 is 39.1 Å². The van der Waals surface area contributed by atoms with E-state index in [2.05, 4.69) is 0 Å². The molecule has 1 fully saturated rings. The SMILES string of the molecule is CC(N)C(C)C(=O)N1CCN(S(=O)(=O)c2ccc3ccccc3c2)CC1.Cl. The molecule has 2 aromatic rings. The molecule has 2 aromatic carbocycles. The first-order chi connectivity index (χ1) is 12.3. The molecule has 0 saturated carbocycles. The topological polar surface area (TPSA) is 83.7 Å². The molecule has 2 atom stereocenters. The molecule has 8 heteroatoms. The number of carbonyl (C=O) groups is 1. The lowest BCUT2D eigenvalue weighted by atomic mass is 10.0. The van der Waals surface area contributed by atoms with Gasteiger partial charge < -0.3 is 10.6 Å². The number of rotatable bonds is 4. The number of halogens is 1. The van der Waals surface area contributed by atoms with Gasteiger partial charge >= 0.3 is 0 Å². The number of nitrogens with zero attached hydrogens (tertiary/aromatic N) is 2. The molecule has 2 N–H and O–H groups in total. The number of hydrogen-bond acceptors (Lipinski definition) is 4. The molecule has 1 aliphatic rings. The number of nitrogens with two attached hydrogens (primary N) is 1. The van der Waals surface area contributed by atoms with Crippen LogP contribution in [0.3, 0.4) is 0 Å². The highest BCUT2D eigenvalue weighted by atomic mass is 35.5. The van der Waals surface area contributed by atoms with E-state index >= 15 is 0 Å². The molecule has 3 rings (SSSR count). The summed E-state index contributed by atoms with van der Waals surface area (Å²) < 4.78 is 27.4. The first-order valence-electron chi connectivity index (χ1n) is 8.84. The molecule has 0 radical (unpaired) electrons. The first-order valence-corrected chi connectivity index (χ1v) is 10.3. The fourth-order valence-corrected chi connectivity index (χ4v) is 4.60. The molecule has 6 nitrogen and oxygen atoms in total. The Morgan fingerprint density at radius 2 is 1.59 bits per heavy atom. The van der Waals surface area contributed by atoms with Crippen LogP contribution in [0.5, 0.6) is 0 Å². The van der Waals surface area contributed by atoms with Crippen molar-refractivity contribution < 1.29 is 13.2 Å². The Morgan fingerprint density at radius 3 is 2.19 bits per heavy atom. The van der Waals surface area contributed by atoms with Crippen LogP contribution in [0.4, 0.5) is 0 Å². The smallest absolute Gasteiger partial charge is 0.243 e. The highest BCUT2D eigenvalue weighted by molar-refractivity contribution is 7.89. The molecule has 148 valence electrons. The van der Waals surface area contributed by atoms with Gasteiger partial charge in [-0.3, -0.25) is 4.79 Å².